The van der Waals surface area contributed by atoms with Crippen LogP contribution < -0.4 is 4.90 Å². The second-order valence-electron chi connectivity index (χ2n) is 8.13. The summed E-state index contributed by atoms with van der Waals surface area (Å²) >= 11 is 14.3. The first-order valence-electron chi connectivity index (χ1n) is 10.9. The molecule has 0 saturated heterocycles. The molecule has 3 nitrogen and oxygen atoms in total. The van der Waals surface area contributed by atoms with E-state index in [1.54, 1.807) is 17.4 Å². The summed E-state index contributed by atoms with van der Waals surface area (Å²) in [6.45, 7) is 6.74. The Hall–Kier alpha value is -1.59. The zero-order valence-corrected chi connectivity index (χ0v) is 20.3. The summed E-state index contributed by atoms with van der Waals surface area (Å²) in [6, 6.07) is 16.3. The molecule has 1 heterocycles. The first-order valence-corrected chi connectivity index (χ1v) is 12.5. The Morgan fingerprint density at radius 3 is 2.61 bits per heavy atom. The monoisotopic (exact) mass is 474 g/mol. The van der Waals surface area contributed by atoms with Gasteiger partial charge in [0, 0.05) is 28.6 Å². The summed E-state index contributed by atoms with van der Waals surface area (Å²) in [6.07, 6.45) is 3.62. The molecule has 0 aliphatic heterocycles. The maximum Gasteiger partial charge on any atom is 0.186 e. The molecule has 3 aromatic rings. The molecule has 31 heavy (non-hydrogen) atoms. The summed E-state index contributed by atoms with van der Waals surface area (Å²) in [5.41, 5.74) is 3.10. The zero-order valence-electron chi connectivity index (χ0n) is 18.0. The third-order valence-corrected chi connectivity index (χ3v) is 7.12. The molecule has 1 aliphatic rings. The second kappa shape index (κ2) is 10.4. The molecule has 0 amide bonds. The molecule has 1 fully saturated rings. The number of hydrogen-bond donors (Lipinski definition) is 0. The Kier molecular flexibility index (Phi) is 7.55. The molecule has 0 radical (unpaired) electrons. The average Bonchev–Trinajstić information content (AvgIpc) is 3.51. The molecule has 0 N–H and O–H groups in total. The number of ether oxygens (including phenoxy) is 1. The molecule has 1 atom stereocenters. The van der Waals surface area contributed by atoms with Crippen molar-refractivity contribution >= 4 is 39.7 Å². The SMILES string of the molecule is CCCN(c1nc(-c2ccc(Cl)cc2Cl)c(C)s1)C(COCC1CC1)c1ccccc1. The molecule has 1 aromatic heterocycles. The molecule has 2 aromatic carbocycles. The van der Waals surface area contributed by atoms with Crippen LogP contribution in [0.1, 0.15) is 42.7 Å². The predicted octanol–water partition coefficient (Wildman–Crippen LogP) is 7.81. The lowest BCUT2D eigenvalue weighted by atomic mass is 10.1. The minimum Gasteiger partial charge on any atom is -0.379 e. The minimum atomic E-state index is 0.124. The second-order valence-corrected chi connectivity index (χ2v) is 10.2. The zero-order chi connectivity index (χ0) is 21.8. The van der Waals surface area contributed by atoms with Crippen molar-refractivity contribution in [1.29, 1.82) is 0 Å². The van der Waals surface area contributed by atoms with Gasteiger partial charge in [-0.1, -0.05) is 60.5 Å². The van der Waals surface area contributed by atoms with Crippen LogP contribution in [0.2, 0.25) is 10.0 Å². The van der Waals surface area contributed by atoms with Gasteiger partial charge in [-0.2, -0.15) is 0 Å². The van der Waals surface area contributed by atoms with Gasteiger partial charge in [-0.15, -0.1) is 11.3 Å². The van der Waals surface area contributed by atoms with Crippen molar-refractivity contribution in [1.82, 2.24) is 4.98 Å². The van der Waals surface area contributed by atoms with Gasteiger partial charge < -0.3 is 9.64 Å². The van der Waals surface area contributed by atoms with E-state index in [4.69, 9.17) is 32.9 Å². The highest BCUT2D eigenvalue weighted by Gasteiger charge is 2.27. The highest BCUT2D eigenvalue weighted by molar-refractivity contribution is 7.16. The van der Waals surface area contributed by atoms with E-state index in [-0.39, 0.29) is 6.04 Å². The molecule has 1 aliphatic carbocycles. The van der Waals surface area contributed by atoms with Crippen LogP contribution in [0.4, 0.5) is 5.13 Å². The third-order valence-electron chi connectivity index (χ3n) is 5.57. The number of halogens is 2. The summed E-state index contributed by atoms with van der Waals surface area (Å²) in [5, 5.41) is 2.26. The summed E-state index contributed by atoms with van der Waals surface area (Å²) < 4.78 is 6.18. The highest BCUT2D eigenvalue weighted by atomic mass is 35.5. The Morgan fingerprint density at radius 2 is 1.94 bits per heavy atom. The van der Waals surface area contributed by atoms with E-state index in [0.717, 1.165) is 46.8 Å². The molecule has 4 rings (SSSR count). The van der Waals surface area contributed by atoms with Crippen LogP contribution in [0.5, 0.6) is 0 Å². The molecule has 1 unspecified atom stereocenters. The molecular weight excluding hydrogens is 447 g/mol. The topological polar surface area (TPSA) is 25.4 Å². The molecule has 6 heteroatoms. The van der Waals surface area contributed by atoms with Crippen molar-refractivity contribution in [2.45, 2.75) is 39.2 Å². The number of benzene rings is 2. The maximum atomic E-state index is 6.50. The van der Waals surface area contributed by atoms with Crippen molar-refractivity contribution < 1.29 is 4.74 Å². The van der Waals surface area contributed by atoms with Gasteiger partial charge in [0.25, 0.3) is 0 Å². The van der Waals surface area contributed by atoms with Crippen LogP contribution in [-0.4, -0.2) is 24.7 Å². The van der Waals surface area contributed by atoms with Crippen LogP contribution in [0.25, 0.3) is 11.3 Å². The Bertz CT molecular complexity index is 1000. The van der Waals surface area contributed by atoms with Crippen LogP contribution in [-0.2, 0) is 4.74 Å². The number of rotatable bonds is 10. The smallest absolute Gasteiger partial charge is 0.186 e. The van der Waals surface area contributed by atoms with Gasteiger partial charge in [-0.25, -0.2) is 4.98 Å². The van der Waals surface area contributed by atoms with Gasteiger partial charge in [0.05, 0.1) is 23.4 Å². The summed E-state index contributed by atoms with van der Waals surface area (Å²) in [5.74, 6) is 0.747. The van der Waals surface area contributed by atoms with Crippen molar-refractivity contribution in [2.24, 2.45) is 5.92 Å². The number of thiazole rings is 1. The Balaban J connectivity index is 1.66. The number of nitrogens with zero attached hydrogens (tertiary/aromatic N) is 2. The molecular formula is C25H28Cl2N2OS. The largest absolute Gasteiger partial charge is 0.379 e. The number of aromatic nitrogens is 1. The van der Waals surface area contributed by atoms with Gasteiger partial charge in [-0.3, -0.25) is 0 Å². The predicted molar refractivity (Wildman–Crippen MR) is 133 cm³/mol. The van der Waals surface area contributed by atoms with E-state index in [1.807, 2.05) is 12.1 Å². The average molecular weight is 475 g/mol. The third kappa shape index (κ3) is 5.61. The first kappa shape index (κ1) is 22.6. The van der Waals surface area contributed by atoms with Gasteiger partial charge in [0.1, 0.15) is 0 Å². The number of hydrogen-bond acceptors (Lipinski definition) is 4. The normalized spacial score (nSPS) is 14.6. The Morgan fingerprint density at radius 1 is 1.16 bits per heavy atom. The number of anilines is 1. The molecule has 164 valence electrons. The van der Waals surface area contributed by atoms with E-state index in [0.29, 0.717) is 16.7 Å². The van der Waals surface area contributed by atoms with E-state index < -0.39 is 0 Å². The van der Waals surface area contributed by atoms with Crippen molar-refractivity contribution in [2.75, 3.05) is 24.7 Å². The summed E-state index contributed by atoms with van der Waals surface area (Å²) in [7, 11) is 0. The Labute approximate surface area is 199 Å². The molecule has 0 bridgehead atoms. The van der Waals surface area contributed by atoms with E-state index in [2.05, 4.69) is 49.1 Å². The lowest BCUT2D eigenvalue weighted by Crippen LogP contribution is -2.33. The van der Waals surface area contributed by atoms with Crippen molar-refractivity contribution in [3.63, 3.8) is 0 Å². The van der Waals surface area contributed by atoms with E-state index in [9.17, 15) is 0 Å². The van der Waals surface area contributed by atoms with Gasteiger partial charge in [-0.05, 0) is 55.9 Å². The molecule has 0 spiro atoms. The van der Waals surface area contributed by atoms with Crippen LogP contribution in [0.15, 0.2) is 48.5 Å². The maximum absolute atomic E-state index is 6.50. The fraction of sp³-hybridized carbons (Fsp3) is 0.400. The lowest BCUT2D eigenvalue weighted by molar-refractivity contribution is 0.109. The summed E-state index contributed by atoms with van der Waals surface area (Å²) in [4.78, 5) is 8.59. The van der Waals surface area contributed by atoms with Gasteiger partial charge in [0.2, 0.25) is 0 Å². The van der Waals surface area contributed by atoms with Crippen molar-refractivity contribution in [3.8, 4) is 11.3 Å². The molecule has 1 saturated carbocycles. The van der Waals surface area contributed by atoms with Crippen LogP contribution in [0.3, 0.4) is 0 Å². The van der Waals surface area contributed by atoms with E-state index in [1.165, 1.54) is 18.4 Å². The quantitative estimate of drug-likeness (QED) is 0.299. The standard InChI is InChI=1S/C25H28Cl2N2OS/c1-3-13-29(23(16-30-15-18-9-10-18)19-7-5-4-6-8-19)25-28-24(17(2)31-25)21-12-11-20(26)14-22(21)27/h4-8,11-12,14,18,23H,3,9-10,13,15-16H2,1-2H3. The van der Waals surface area contributed by atoms with Crippen molar-refractivity contribution in [3.05, 3.63) is 69.0 Å². The van der Waals surface area contributed by atoms with Gasteiger partial charge >= 0.3 is 0 Å². The fourth-order valence-corrected chi connectivity index (χ4v) is 5.23. The first-order chi connectivity index (χ1) is 15.1. The van der Waals surface area contributed by atoms with Gasteiger partial charge in [0.15, 0.2) is 5.13 Å². The lowest BCUT2D eigenvalue weighted by Gasteiger charge is -2.31. The van der Waals surface area contributed by atoms with E-state index >= 15 is 0 Å². The van der Waals surface area contributed by atoms with Crippen LogP contribution >= 0.6 is 34.5 Å². The highest BCUT2D eigenvalue weighted by Crippen LogP contribution is 2.39. The van der Waals surface area contributed by atoms with Crippen LogP contribution in [0, 0.1) is 12.8 Å². The number of aryl methyl sites for hydroxylation is 1. The minimum absolute atomic E-state index is 0.124. The fourth-order valence-electron chi connectivity index (χ4n) is 3.73.